The normalized spacial score (nSPS) is 13.0. The standard InChI is InChI=1S/C16H22N2O4S/c1-10-5-4-6-12(9-10)15(20)18-13(7-8-23-3)16(21)22-11(2)14(17)19/h4-6,9,11,13H,7-8H2,1-3H3,(H2,17,19)(H,18,20)/t11-,13+/m1/s1. The van der Waals surface area contributed by atoms with Gasteiger partial charge in [0.05, 0.1) is 0 Å². The molecule has 2 atom stereocenters. The van der Waals surface area contributed by atoms with Gasteiger partial charge in [0.25, 0.3) is 11.8 Å². The first-order valence-electron chi connectivity index (χ1n) is 7.21. The number of esters is 1. The number of ether oxygens (including phenoxy) is 1. The number of carbonyl (C=O) groups is 3. The molecule has 7 heteroatoms. The van der Waals surface area contributed by atoms with E-state index in [4.69, 9.17) is 10.5 Å². The molecule has 1 aromatic carbocycles. The lowest BCUT2D eigenvalue weighted by Crippen LogP contribution is -2.44. The molecule has 0 fully saturated rings. The van der Waals surface area contributed by atoms with Crippen molar-refractivity contribution in [1.29, 1.82) is 0 Å². The number of hydrogen-bond acceptors (Lipinski definition) is 5. The maximum atomic E-state index is 12.3. The van der Waals surface area contributed by atoms with Crippen LogP contribution < -0.4 is 11.1 Å². The van der Waals surface area contributed by atoms with Crippen LogP contribution in [0, 0.1) is 6.92 Å². The number of rotatable bonds is 8. The molecule has 0 heterocycles. The van der Waals surface area contributed by atoms with Gasteiger partial charge in [-0.3, -0.25) is 9.59 Å². The van der Waals surface area contributed by atoms with E-state index in [1.54, 1.807) is 30.0 Å². The molecule has 126 valence electrons. The zero-order valence-corrected chi connectivity index (χ0v) is 14.3. The molecule has 0 spiro atoms. The first-order valence-corrected chi connectivity index (χ1v) is 8.60. The average Bonchev–Trinajstić information content (AvgIpc) is 2.50. The van der Waals surface area contributed by atoms with Gasteiger partial charge >= 0.3 is 5.97 Å². The Bertz CT molecular complexity index is 577. The molecule has 3 N–H and O–H groups in total. The fourth-order valence-electron chi connectivity index (χ4n) is 1.83. The summed E-state index contributed by atoms with van der Waals surface area (Å²) in [6.07, 6.45) is 1.27. The number of amides is 2. The average molecular weight is 338 g/mol. The first-order chi connectivity index (χ1) is 10.8. The predicted molar refractivity (Wildman–Crippen MR) is 90.2 cm³/mol. The van der Waals surface area contributed by atoms with Gasteiger partial charge in [-0.05, 0) is 44.4 Å². The van der Waals surface area contributed by atoms with Crippen molar-refractivity contribution in [1.82, 2.24) is 5.32 Å². The topological polar surface area (TPSA) is 98.5 Å². The van der Waals surface area contributed by atoms with Crippen LogP contribution in [-0.4, -0.2) is 41.9 Å². The third-order valence-corrected chi connectivity index (χ3v) is 3.82. The summed E-state index contributed by atoms with van der Waals surface area (Å²) in [5, 5.41) is 2.66. The predicted octanol–water partition coefficient (Wildman–Crippen LogP) is 1.26. The fraction of sp³-hybridized carbons (Fsp3) is 0.438. The van der Waals surface area contributed by atoms with Crippen molar-refractivity contribution in [2.75, 3.05) is 12.0 Å². The van der Waals surface area contributed by atoms with E-state index in [1.807, 2.05) is 19.2 Å². The van der Waals surface area contributed by atoms with Gasteiger partial charge in [0.15, 0.2) is 6.10 Å². The monoisotopic (exact) mass is 338 g/mol. The second kappa shape index (κ2) is 9.19. The van der Waals surface area contributed by atoms with Crippen LogP contribution >= 0.6 is 11.8 Å². The van der Waals surface area contributed by atoms with Crippen LogP contribution in [0.5, 0.6) is 0 Å². The highest BCUT2D eigenvalue weighted by Gasteiger charge is 2.25. The lowest BCUT2D eigenvalue weighted by atomic mass is 10.1. The Morgan fingerprint density at radius 2 is 2.04 bits per heavy atom. The molecule has 1 aromatic rings. The Kier molecular flexibility index (Phi) is 7.61. The molecule has 0 aliphatic rings. The Balaban J connectivity index is 2.79. The summed E-state index contributed by atoms with van der Waals surface area (Å²) in [6, 6.07) is 6.24. The van der Waals surface area contributed by atoms with Gasteiger partial charge in [-0.2, -0.15) is 11.8 Å². The number of thioether (sulfide) groups is 1. The van der Waals surface area contributed by atoms with E-state index in [0.29, 0.717) is 17.7 Å². The molecule has 0 radical (unpaired) electrons. The van der Waals surface area contributed by atoms with Gasteiger partial charge < -0.3 is 15.8 Å². The van der Waals surface area contributed by atoms with Gasteiger partial charge in [-0.15, -0.1) is 0 Å². The summed E-state index contributed by atoms with van der Waals surface area (Å²) in [6.45, 7) is 3.28. The number of nitrogens with two attached hydrogens (primary N) is 1. The maximum absolute atomic E-state index is 12.3. The number of carbonyl (C=O) groups excluding carboxylic acids is 3. The van der Waals surface area contributed by atoms with Crippen LogP contribution in [0.4, 0.5) is 0 Å². The zero-order valence-electron chi connectivity index (χ0n) is 13.5. The van der Waals surface area contributed by atoms with Crippen LogP contribution in [0.2, 0.25) is 0 Å². The number of nitrogens with one attached hydrogen (secondary N) is 1. The van der Waals surface area contributed by atoms with Crippen LogP contribution in [0.3, 0.4) is 0 Å². The third kappa shape index (κ3) is 6.32. The molecule has 2 amide bonds. The van der Waals surface area contributed by atoms with E-state index < -0.39 is 24.0 Å². The minimum atomic E-state index is -1.03. The SMILES string of the molecule is CSCC[C@H](NC(=O)c1cccc(C)c1)C(=O)O[C@H](C)C(N)=O. The molecule has 6 nitrogen and oxygen atoms in total. The Labute approximate surface area is 140 Å². The third-order valence-electron chi connectivity index (χ3n) is 3.17. The quantitative estimate of drug-likeness (QED) is 0.695. The highest BCUT2D eigenvalue weighted by atomic mass is 32.2. The van der Waals surface area contributed by atoms with Crippen molar-refractivity contribution in [3.63, 3.8) is 0 Å². The van der Waals surface area contributed by atoms with E-state index in [1.165, 1.54) is 6.92 Å². The highest BCUT2D eigenvalue weighted by Crippen LogP contribution is 2.08. The zero-order chi connectivity index (χ0) is 17.4. The van der Waals surface area contributed by atoms with E-state index in [9.17, 15) is 14.4 Å². The summed E-state index contributed by atoms with van der Waals surface area (Å²) in [7, 11) is 0. The van der Waals surface area contributed by atoms with Crippen molar-refractivity contribution in [3.8, 4) is 0 Å². The Hall–Kier alpha value is -2.02. The van der Waals surface area contributed by atoms with Gasteiger partial charge in [0, 0.05) is 5.56 Å². The van der Waals surface area contributed by atoms with Gasteiger partial charge in [0.2, 0.25) is 0 Å². The van der Waals surface area contributed by atoms with Crippen molar-refractivity contribution in [2.24, 2.45) is 5.73 Å². The molecule has 0 unspecified atom stereocenters. The van der Waals surface area contributed by atoms with Crippen LogP contribution in [-0.2, 0) is 14.3 Å². The Morgan fingerprint density at radius 3 is 2.61 bits per heavy atom. The van der Waals surface area contributed by atoms with Crippen molar-refractivity contribution in [3.05, 3.63) is 35.4 Å². The molecule has 0 saturated carbocycles. The van der Waals surface area contributed by atoms with Crippen molar-refractivity contribution < 1.29 is 19.1 Å². The second-order valence-corrected chi connectivity index (χ2v) is 6.14. The lowest BCUT2D eigenvalue weighted by molar-refractivity contribution is -0.155. The molecule has 23 heavy (non-hydrogen) atoms. The lowest BCUT2D eigenvalue weighted by Gasteiger charge is -2.19. The molecular weight excluding hydrogens is 316 g/mol. The van der Waals surface area contributed by atoms with E-state index in [0.717, 1.165) is 5.56 Å². The fourth-order valence-corrected chi connectivity index (χ4v) is 2.30. The van der Waals surface area contributed by atoms with Gasteiger partial charge in [-0.25, -0.2) is 4.79 Å². The summed E-state index contributed by atoms with van der Waals surface area (Å²) in [5.74, 6) is -1.08. The number of benzene rings is 1. The van der Waals surface area contributed by atoms with Gasteiger partial charge in [-0.1, -0.05) is 17.7 Å². The van der Waals surface area contributed by atoms with Crippen LogP contribution in [0.25, 0.3) is 0 Å². The summed E-state index contributed by atoms with van der Waals surface area (Å²) in [5.41, 5.74) is 6.50. The smallest absolute Gasteiger partial charge is 0.329 e. The van der Waals surface area contributed by atoms with Crippen LogP contribution in [0.15, 0.2) is 24.3 Å². The number of primary amides is 1. The molecule has 0 aliphatic heterocycles. The Morgan fingerprint density at radius 1 is 1.35 bits per heavy atom. The highest BCUT2D eigenvalue weighted by molar-refractivity contribution is 7.98. The van der Waals surface area contributed by atoms with E-state index in [-0.39, 0.29) is 5.91 Å². The second-order valence-electron chi connectivity index (χ2n) is 5.16. The van der Waals surface area contributed by atoms with E-state index >= 15 is 0 Å². The molecule has 0 aliphatic carbocycles. The largest absolute Gasteiger partial charge is 0.451 e. The number of hydrogen-bond donors (Lipinski definition) is 2. The number of aryl methyl sites for hydroxylation is 1. The first kappa shape index (κ1) is 19.0. The van der Waals surface area contributed by atoms with Crippen LogP contribution in [0.1, 0.15) is 29.3 Å². The summed E-state index contributed by atoms with van der Waals surface area (Å²) < 4.78 is 4.99. The summed E-state index contributed by atoms with van der Waals surface area (Å²) in [4.78, 5) is 35.4. The van der Waals surface area contributed by atoms with Gasteiger partial charge in [0.1, 0.15) is 6.04 Å². The molecule has 0 bridgehead atoms. The molecule has 0 aromatic heterocycles. The van der Waals surface area contributed by atoms with E-state index in [2.05, 4.69) is 5.32 Å². The summed E-state index contributed by atoms with van der Waals surface area (Å²) >= 11 is 1.55. The van der Waals surface area contributed by atoms with Crippen molar-refractivity contribution >= 4 is 29.5 Å². The maximum Gasteiger partial charge on any atom is 0.329 e. The minimum Gasteiger partial charge on any atom is -0.451 e. The molecular formula is C16H22N2O4S. The molecule has 0 saturated heterocycles. The van der Waals surface area contributed by atoms with Crippen molar-refractivity contribution in [2.45, 2.75) is 32.4 Å². The molecule has 1 rings (SSSR count). The minimum absolute atomic E-state index is 0.358.